The Morgan fingerprint density at radius 2 is 1.85 bits per heavy atom. The number of esters is 1. The highest BCUT2D eigenvalue weighted by Gasteiger charge is 2.38. The largest absolute Gasteiger partial charge is 0.463 e. The van der Waals surface area contributed by atoms with E-state index in [4.69, 9.17) is 4.74 Å². The molecule has 1 saturated heterocycles. The molecular weight excluding hydrogens is 434 g/mol. The fraction of sp³-hybridized carbons (Fsp3) is 0.560. The van der Waals surface area contributed by atoms with Crippen LogP contribution in [0.25, 0.3) is 0 Å². The Morgan fingerprint density at radius 3 is 2.47 bits per heavy atom. The average Bonchev–Trinajstić information content (AvgIpc) is 2.78. The Labute approximate surface area is 202 Å². The molecule has 2 N–H and O–H groups in total. The Balaban J connectivity index is 1.91. The quantitative estimate of drug-likeness (QED) is 0.622. The zero-order valence-corrected chi connectivity index (χ0v) is 21.1. The van der Waals surface area contributed by atoms with Crippen molar-refractivity contribution in [2.45, 2.75) is 46.7 Å². The van der Waals surface area contributed by atoms with Crippen LogP contribution in [0.5, 0.6) is 0 Å². The molecule has 0 aromatic heterocycles. The van der Waals surface area contributed by atoms with Crippen LogP contribution >= 0.6 is 0 Å². The summed E-state index contributed by atoms with van der Waals surface area (Å²) in [5.74, 6) is -0.426. The number of urea groups is 2. The van der Waals surface area contributed by atoms with Crippen LogP contribution in [-0.4, -0.2) is 85.2 Å². The number of carbonyl (C=O) groups excluding carboxylic acids is 3. The minimum Gasteiger partial charge on any atom is -0.463 e. The lowest BCUT2D eigenvalue weighted by Gasteiger charge is -2.39. The molecule has 0 radical (unpaired) electrons. The Morgan fingerprint density at radius 1 is 1.18 bits per heavy atom. The van der Waals surface area contributed by atoms with Crippen molar-refractivity contribution < 1.29 is 19.1 Å². The molecule has 1 fully saturated rings. The van der Waals surface area contributed by atoms with E-state index in [0.29, 0.717) is 44.0 Å². The molecule has 4 amide bonds. The number of amides is 4. The maximum Gasteiger partial charge on any atom is 0.338 e. The van der Waals surface area contributed by atoms with Crippen LogP contribution in [0.1, 0.15) is 43.5 Å². The highest BCUT2D eigenvalue weighted by atomic mass is 16.5. The van der Waals surface area contributed by atoms with E-state index in [9.17, 15) is 14.4 Å². The van der Waals surface area contributed by atoms with E-state index in [-0.39, 0.29) is 24.7 Å². The first-order chi connectivity index (χ1) is 16.1. The van der Waals surface area contributed by atoms with Gasteiger partial charge in [-0.2, -0.15) is 0 Å². The van der Waals surface area contributed by atoms with Gasteiger partial charge in [-0.1, -0.05) is 23.8 Å². The lowest BCUT2D eigenvalue weighted by molar-refractivity contribution is -0.139. The van der Waals surface area contributed by atoms with E-state index in [1.165, 1.54) is 4.90 Å². The first kappa shape index (κ1) is 25.6. The van der Waals surface area contributed by atoms with E-state index < -0.39 is 12.0 Å². The van der Waals surface area contributed by atoms with Gasteiger partial charge in [0.15, 0.2) is 0 Å². The molecule has 0 bridgehead atoms. The predicted octanol–water partition coefficient (Wildman–Crippen LogP) is 2.55. The second-order valence-electron chi connectivity index (χ2n) is 9.25. The Bertz CT molecular complexity index is 966. The molecule has 186 valence electrons. The minimum atomic E-state index is -0.587. The first-order valence-electron chi connectivity index (χ1n) is 11.9. The van der Waals surface area contributed by atoms with Gasteiger partial charge in [0, 0.05) is 51.5 Å². The molecule has 0 unspecified atom stereocenters. The summed E-state index contributed by atoms with van der Waals surface area (Å²) >= 11 is 0. The number of nitrogens with zero attached hydrogens (tertiary/aromatic N) is 3. The topological polar surface area (TPSA) is 94.2 Å². The number of rotatable bonds is 6. The summed E-state index contributed by atoms with van der Waals surface area (Å²) in [4.78, 5) is 43.9. The van der Waals surface area contributed by atoms with E-state index >= 15 is 0 Å². The number of ether oxygens (including phenoxy) is 1. The summed E-state index contributed by atoms with van der Waals surface area (Å²) < 4.78 is 5.44. The highest BCUT2D eigenvalue weighted by molar-refractivity contribution is 5.95. The zero-order chi connectivity index (χ0) is 25.0. The molecular formula is C25H37N5O4. The van der Waals surface area contributed by atoms with Crippen molar-refractivity contribution in [3.63, 3.8) is 0 Å². The molecule has 2 aliphatic rings. The van der Waals surface area contributed by atoms with Crippen molar-refractivity contribution in [2.75, 3.05) is 46.4 Å². The molecule has 3 rings (SSSR count). The third kappa shape index (κ3) is 5.70. The third-order valence-corrected chi connectivity index (χ3v) is 6.26. The molecule has 1 aromatic rings. The number of aryl methyl sites for hydroxylation is 2. The second-order valence-corrected chi connectivity index (χ2v) is 9.25. The van der Waals surface area contributed by atoms with Crippen LogP contribution in [0, 0.1) is 13.8 Å². The van der Waals surface area contributed by atoms with Crippen LogP contribution in [0.2, 0.25) is 0 Å². The zero-order valence-electron chi connectivity index (χ0n) is 21.1. The van der Waals surface area contributed by atoms with Crippen molar-refractivity contribution in [2.24, 2.45) is 0 Å². The first-order valence-corrected chi connectivity index (χ1v) is 11.9. The van der Waals surface area contributed by atoms with Gasteiger partial charge in [0.2, 0.25) is 0 Å². The molecule has 34 heavy (non-hydrogen) atoms. The van der Waals surface area contributed by atoms with Gasteiger partial charge in [0.05, 0.1) is 18.2 Å². The fourth-order valence-electron chi connectivity index (χ4n) is 4.36. The van der Waals surface area contributed by atoms with Crippen molar-refractivity contribution >= 4 is 18.0 Å². The van der Waals surface area contributed by atoms with Crippen molar-refractivity contribution in [3.05, 3.63) is 46.2 Å². The van der Waals surface area contributed by atoms with E-state index in [2.05, 4.69) is 15.5 Å². The summed E-state index contributed by atoms with van der Waals surface area (Å²) in [5, 5.41) is 5.92. The smallest absolute Gasteiger partial charge is 0.338 e. The van der Waals surface area contributed by atoms with Gasteiger partial charge in [-0.3, -0.25) is 9.80 Å². The minimum absolute atomic E-state index is 0.0646. The van der Waals surface area contributed by atoms with Gasteiger partial charge in [-0.05, 0) is 45.7 Å². The average molecular weight is 472 g/mol. The van der Waals surface area contributed by atoms with E-state index in [1.54, 1.807) is 18.9 Å². The molecule has 0 spiro atoms. The number of benzene rings is 1. The molecule has 1 atom stereocenters. The SMILES string of the molecule is CCOC(=O)C1=C(CN2CCN(C(=O)NC(C)C)CC2)N(C)C(=O)N[C@@H]1c1cc(C)ccc1C. The summed E-state index contributed by atoms with van der Waals surface area (Å²) in [6, 6.07) is 5.19. The van der Waals surface area contributed by atoms with E-state index in [1.807, 2.05) is 45.9 Å². The fourth-order valence-corrected chi connectivity index (χ4v) is 4.36. The van der Waals surface area contributed by atoms with Gasteiger partial charge >= 0.3 is 18.0 Å². The molecule has 2 heterocycles. The van der Waals surface area contributed by atoms with Crippen LogP contribution in [-0.2, 0) is 9.53 Å². The van der Waals surface area contributed by atoms with Crippen molar-refractivity contribution in [1.82, 2.24) is 25.3 Å². The van der Waals surface area contributed by atoms with Crippen molar-refractivity contribution in [3.8, 4) is 0 Å². The molecule has 0 saturated carbocycles. The molecule has 9 nitrogen and oxygen atoms in total. The number of carbonyl (C=O) groups is 3. The number of hydrogen-bond donors (Lipinski definition) is 2. The summed E-state index contributed by atoms with van der Waals surface area (Å²) in [5.41, 5.74) is 4.02. The normalized spacial score (nSPS) is 19.4. The number of likely N-dealkylation sites (N-methyl/N-ethyl adjacent to an activating group) is 1. The lowest BCUT2D eigenvalue weighted by atomic mass is 9.90. The summed E-state index contributed by atoms with van der Waals surface area (Å²) in [6.45, 7) is 12.7. The predicted molar refractivity (Wildman–Crippen MR) is 130 cm³/mol. The number of hydrogen-bond acceptors (Lipinski definition) is 5. The highest BCUT2D eigenvalue weighted by Crippen LogP contribution is 2.33. The number of piperazine rings is 1. The van der Waals surface area contributed by atoms with Gasteiger partial charge in [0.25, 0.3) is 0 Å². The van der Waals surface area contributed by atoms with Crippen LogP contribution in [0.15, 0.2) is 29.5 Å². The molecule has 0 aliphatic carbocycles. The van der Waals surface area contributed by atoms with E-state index in [0.717, 1.165) is 16.7 Å². The number of nitrogens with one attached hydrogen (secondary N) is 2. The second kappa shape index (κ2) is 10.9. The maximum absolute atomic E-state index is 13.2. The van der Waals surface area contributed by atoms with Gasteiger partial charge in [0.1, 0.15) is 0 Å². The lowest BCUT2D eigenvalue weighted by Crippen LogP contribution is -2.55. The monoisotopic (exact) mass is 471 g/mol. The standard InChI is InChI=1S/C25H37N5O4/c1-7-34-23(31)21-20(15-29-10-12-30(13-11-29)25(33)26-16(2)3)28(6)24(32)27-22(21)19-14-17(4)8-9-18(19)5/h8-9,14,16,22H,7,10-13,15H2,1-6H3,(H,26,33)(H,27,32)/t22-/m1/s1. The van der Waals surface area contributed by atoms with Gasteiger partial charge in [-0.15, -0.1) is 0 Å². The molecule has 1 aromatic carbocycles. The van der Waals surface area contributed by atoms with Gasteiger partial charge < -0.3 is 20.3 Å². The molecule has 2 aliphatic heterocycles. The van der Waals surface area contributed by atoms with Crippen molar-refractivity contribution in [1.29, 1.82) is 0 Å². The third-order valence-electron chi connectivity index (χ3n) is 6.26. The maximum atomic E-state index is 13.2. The van der Waals surface area contributed by atoms with Crippen LogP contribution in [0.4, 0.5) is 9.59 Å². The summed E-state index contributed by atoms with van der Waals surface area (Å²) in [6.07, 6.45) is 0. The van der Waals surface area contributed by atoms with Crippen LogP contribution in [0.3, 0.4) is 0 Å². The summed E-state index contributed by atoms with van der Waals surface area (Å²) in [7, 11) is 1.68. The Hall–Kier alpha value is -3.07. The Kier molecular flexibility index (Phi) is 8.19. The van der Waals surface area contributed by atoms with Crippen LogP contribution < -0.4 is 10.6 Å². The van der Waals surface area contributed by atoms with Gasteiger partial charge in [-0.25, -0.2) is 14.4 Å². The molecule has 9 heteroatoms.